The standard InChI is InChI=1S/C29H40F3N3O4/c1-3-5-9-22(30)10-11-25(35-29(38)39)28(37)34-26(15-21-13-23(31)16-24(32)14-21)27(36)18-33-17-20-8-6-7-19(4-2)12-20/h6-8,12-14,16,22,25-27,33,35-36H,3-5,9-11,15,17-18H2,1-2H3,(H,34,37)(H,38,39)/t22?,25-,26+,27+/m1/s1. The molecule has 0 bridgehead atoms. The van der Waals surface area contributed by atoms with Crippen LogP contribution < -0.4 is 16.0 Å². The highest BCUT2D eigenvalue weighted by molar-refractivity contribution is 5.85. The van der Waals surface area contributed by atoms with Crippen LogP contribution in [0, 0.1) is 11.6 Å². The van der Waals surface area contributed by atoms with Crippen molar-refractivity contribution >= 4 is 12.0 Å². The summed E-state index contributed by atoms with van der Waals surface area (Å²) in [6.45, 7) is 4.46. The molecule has 2 rings (SSSR count). The van der Waals surface area contributed by atoms with E-state index in [2.05, 4.69) is 16.0 Å². The van der Waals surface area contributed by atoms with Crippen molar-refractivity contribution in [3.8, 4) is 0 Å². The summed E-state index contributed by atoms with van der Waals surface area (Å²) in [7, 11) is 0. The summed E-state index contributed by atoms with van der Waals surface area (Å²) >= 11 is 0. The molecule has 0 aromatic heterocycles. The average Bonchev–Trinajstić information content (AvgIpc) is 2.88. The monoisotopic (exact) mass is 551 g/mol. The molecule has 1 unspecified atom stereocenters. The highest BCUT2D eigenvalue weighted by atomic mass is 19.1. The number of hydrogen-bond acceptors (Lipinski definition) is 4. The fraction of sp³-hybridized carbons (Fsp3) is 0.517. The van der Waals surface area contributed by atoms with Crippen LogP contribution in [0.15, 0.2) is 42.5 Å². The van der Waals surface area contributed by atoms with E-state index in [0.29, 0.717) is 19.4 Å². The van der Waals surface area contributed by atoms with Crippen LogP contribution in [0.3, 0.4) is 0 Å². The number of carbonyl (C=O) groups excluding carboxylic acids is 1. The number of nitrogens with one attached hydrogen (secondary N) is 3. The molecular weight excluding hydrogens is 511 g/mol. The van der Waals surface area contributed by atoms with Crippen LogP contribution in [-0.4, -0.2) is 53.1 Å². The number of amides is 2. The van der Waals surface area contributed by atoms with Gasteiger partial charge in [-0.2, -0.15) is 0 Å². The van der Waals surface area contributed by atoms with E-state index in [4.69, 9.17) is 0 Å². The number of aliphatic hydroxyl groups excluding tert-OH is 1. The van der Waals surface area contributed by atoms with Gasteiger partial charge in [-0.1, -0.05) is 51.0 Å². The second-order valence-electron chi connectivity index (χ2n) is 9.79. The van der Waals surface area contributed by atoms with Crippen LogP contribution in [0.2, 0.25) is 0 Å². The fourth-order valence-electron chi connectivity index (χ4n) is 4.35. The minimum Gasteiger partial charge on any atom is -0.465 e. The van der Waals surface area contributed by atoms with Crippen molar-refractivity contribution in [3.05, 3.63) is 70.8 Å². The lowest BCUT2D eigenvalue weighted by atomic mass is 9.99. The minimum atomic E-state index is -1.45. The van der Waals surface area contributed by atoms with E-state index in [1.165, 1.54) is 0 Å². The molecule has 4 atom stereocenters. The van der Waals surface area contributed by atoms with Crippen LogP contribution >= 0.6 is 0 Å². The third-order valence-corrected chi connectivity index (χ3v) is 6.51. The first-order chi connectivity index (χ1) is 18.6. The van der Waals surface area contributed by atoms with Gasteiger partial charge in [-0.25, -0.2) is 18.0 Å². The summed E-state index contributed by atoms with van der Waals surface area (Å²) in [5.41, 5.74) is 2.37. The van der Waals surface area contributed by atoms with Crippen molar-refractivity contribution in [2.24, 2.45) is 0 Å². The molecule has 10 heteroatoms. The van der Waals surface area contributed by atoms with E-state index in [1.54, 1.807) is 0 Å². The summed E-state index contributed by atoms with van der Waals surface area (Å²) in [6.07, 6.45) is -1.32. The van der Waals surface area contributed by atoms with Gasteiger partial charge in [0.2, 0.25) is 5.91 Å². The maximum absolute atomic E-state index is 14.2. The van der Waals surface area contributed by atoms with Gasteiger partial charge in [0, 0.05) is 19.2 Å². The number of halogens is 3. The van der Waals surface area contributed by atoms with Gasteiger partial charge in [0.1, 0.15) is 23.8 Å². The number of benzene rings is 2. The average molecular weight is 552 g/mol. The smallest absolute Gasteiger partial charge is 0.405 e. The Hall–Kier alpha value is -3.11. The molecule has 0 aliphatic carbocycles. The first-order valence-electron chi connectivity index (χ1n) is 13.5. The molecule has 0 saturated carbocycles. The quantitative estimate of drug-likeness (QED) is 0.197. The molecule has 216 valence electrons. The Bertz CT molecular complexity index is 1040. The number of hydrogen-bond donors (Lipinski definition) is 5. The van der Waals surface area contributed by atoms with E-state index in [9.17, 15) is 33.0 Å². The Morgan fingerprint density at radius 3 is 2.26 bits per heavy atom. The zero-order valence-corrected chi connectivity index (χ0v) is 22.6. The molecule has 0 fully saturated rings. The number of alkyl halides is 1. The molecule has 0 saturated heterocycles. The van der Waals surface area contributed by atoms with Crippen LogP contribution in [0.25, 0.3) is 0 Å². The van der Waals surface area contributed by atoms with Crippen molar-refractivity contribution in [2.75, 3.05) is 6.54 Å². The molecule has 0 spiro atoms. The summed E-state index contributed by atoms with van der Waals surface area (Å²) in [5.74, 6) is -2.35. The van der Waals surface area contributed by atoms with Gasteiger partial charge >= 0.3 is 6.09 Å². The lowest BCUT2D eigenvalue weighted by molar-refractivity contribution is -0.124. The molecule has 5 N–H and O–H groups in total. The number of unbranched alkanes of at least 4 members (excludes halogenated alkanes) is 1. The number of rotatable bonds is 17. The lowest BCUT2D eigenvalue weighted by Gasteiger charge is -2.27. The third-order valence-electron chi connectivity index (χ3n) is 6.51. The number of aryl methyl sites for hydroxylation is 1. The van der Waals surface area contributed by atoms with Crippen molar-refractivity contribution in [1.29, 1.82) is 0 Å². The van der Waals surface area contributed by atoms with E-state index >= 15 is 0 Å². The highest BCUT2D eigenvalue weighted by Crippen LogP contribution is 2.15. The van der Waals surface area contributed by atoms with Crippen LogP contribution in [0.5, 0.6) is 0 Å². The zero-order valence-electron chi connectivity index (χ0n) is 22.6. The van der Waals surface area contributed by atoms with E-state index < -0.39 is 48.0 Å². The summed E-state index contributed by atoms with van der Waals surface area (Å²) < 4.78 is 41.8. The molecule has 2 aromatic carbocycles. The van der Waals surface area contributed by atoms with Crippen molar-refractivity contribution < 1.29 is 33.0 Å². The Labute approximate surface area is 228 Å². The zero-order chi connectivity index (χ0) is 28.8. The fourth-order valence-corrected chi connectivity index (χ4v) is 4.35. The Morgan fingerprint density at radius 2 is 1.62 bits per heavy atom. The maximum Gasteiger partial charge on any atom is 0.405 e. The third kappa shape index (κ3) is 12.1. The molecule has 0 aliphatic rings. The molecule has 0 heterocycles. The van der Waals surface area contributed by atoms with Crippen LogP contribution in [0.1, 0.15) is 62.6 Å². The first-order valence-corrected chi connectivity index (χ1v) is 13.5. The molecule has 0 radical (unpaired) electrons. The van der Waals surface area contributed by atoms with Crippen LogP contribution in [-0.2, 0) is 24.2 Å². The van der Waals surface area contributed by atoms with E-state index in [-0.39, 0.29) is 31.4 Å². The molecule has 7 nitrogen and oxygen atoms in total. The maximum atomic E-state index is 14.2. The number of carboxylic acid groups (broad SMARTS) is 1. The minimum absolute atomic E-state index is 0.0148. The molecule has 39 heavy (non-hydrogen) atoms. The van der Waals surface area contributed by atoms with Gasteiger partial charge < -0.3 is 26.2 Å². The molecular formula is C29H40F3N3O4. The second-order valence-corrected chi connectivity index (χ2v) is 9.79. The topological polar surface area (TPSA) is 111 Å². The number of carbonyl (C=O) groups is 2. The van der Waals surface area contributed by atoms with Gasteiger partial charge in [0.25, 0.3) is 0 Å². The predicted molar refractivity (Wildman–Crippen MR) is 144 cm³/mol. The molecule has 2 amide bonds. The van der Waals surface area contributed by atoms with Gasteiger partial charge in [0.15, 0.2) is 0 Å². The Morgan fingerprint density at radius 1 is 0.923 bits per heavy atom. The van der Waals surface area contributed by atoms with Gasteiger partial charge in [0.05, 0.1) is 12.1 Å². The lowest BCUT2D eigenvalue weighted by Crippen LogP contribution is -2.54. The van der Waals surface area contributed by atoms with Gasteiger partial charge in [-0.15, -0.1) is 0 Å². The highest BCUT2D eigenvalue weighted by Gasteiger charge is 2.28. The SMILES string of the molecule is CCCCC(F)CC[C@@H](NC(=O)O)C(=O)N[C@@H](Cc1cc(F)cc(F)c1)[C@@H](O)CNCc1cccc(CC)c1. The summed E-state index contributed by atoms with van der Waals surface area (Å²) in [6, 6.07) is 8.59. The number of aliphatic hydroxyl groups is 1. The second kappa shape index (κ2) is 16.8. The Balaban J connectivity index is 2.13. The predicted octanol–water partition coefficient (Wildman–Crippen LogP) is 4.65. The van der Waals surface area contributed by atoms with Gasteiger partial charge in [-0.3, -0.25) is 4.79 Å². The first kappa shape index (κ1) is 32.1. The van der Waals surface area contributed by atoms with Crippen molar-refractivity contribution in [2.45, 2.75) is 89.7 Å². The molecule has 2 aromatic rings. The van der Waals surface area contributed by atoms with Gasteiger partial charge in [-0.05, 0) is 60.9 Å². The van der Waals surface area contributed by atoms with Crippen molar-refractivity contribution in [3.63, 3.8) is 0 Å². The Kier molecular flexibility index (Phi) is 13.8. The van der Waals surface area contributed by atoms with E-state index in [0.717, 1.165) is 42.2 Å². The molecule has 0 aliphatic heterocycles. The summed E-state index contributed by atoms with van der Waals surface area (Å²) in [5, 5.41) is 28.0. The van der Waals surface area contributed by atoms with Crippen LogP contribution in [0.4, 0.5) is 18.0 Å². The summed E-state index contributed by atoms with van der Waals surface area (Å²) in [4.78, 5) is 24.4. The van der Waals surface area contributed by atoms with Crippen molar-refractivity contribution in [1.82, 2.24) is 16.0 Å². The largest absolute Gasteiger partial charge is 0.465 e. The van der Waals surface area contributed by atoms with E-state index in [1.807, 2.05) is 38.1 Å². The normalized spacial score (nSPS) is 14.3.